The predicted octanol–water partition coefficient (Wildman–Crippen LogP) is 13.2. The lowest BCUT2D eigenvalue weighted by Crippen LogP contribution is -2.32. The average Bonchev–Trinajstić information content (AvgIpc) is 1.05. The van der Waals surface area contributed by atoms with Gasteiger partial charge in [-0.15, -0.1) is 15.3 Å². The zero-order valence-corrected chi connectivity index (χ0v) is 55.6. The Morgan fingerprint density at radius 2 is 0.713 bits per heavy atom. The number of alkyl halides is 6. The van der Waals surface area contributed by atoms with Gasteiger partial charge in [-0.25, -0.2) is 21.5 Å². The molecule has 10 aromatic rings. The van der Waals surface area contributed by atoms with Crippen molar-refractivity contribution in [3.8, 4) is 57.3 Å². The van der Waals surface area contributed by atoms with Gasteiger partial charge in [-0.2, -0.15) is 39.7 Å². The summed E-state index contributed by atoms with van der Waals surface area (Å²) in [4.78, 5) is -0.801. The number of halogens is 8. The zero-order chi connectivity index (χ0) is 67.5. The lowest BCUT2D eigenvalue weighted by molar-refractivity contribution is -0.140. The first-order chi connectivity index (χ1) is 44.9. The molecule has 30 heteroatoms. The highest BCUT2D eigenvalue weighted by atomic mass is 79.9. The smallest absolute Gasteiger partial charge is 0.417 e. The molecule has 0 saturated carbocycles. The summed E-state index contributed by atoms with van der Waals surface area (Å²) >= 11 is 6.59. The number of benzene rings is 8. The lowest BCUT2D eigenvalue weighted by atomic mass is 10.1. The molecular formula is C64H58Br2F6N10O10S2. The highest BCUT2D eigenvalue weighted by Gasteiger charge is 2.45. The summed E-state index contributed by atoms with van der Waals surface area (Å²) in [5, 5.41) is 24.0. The maximum atomic E-state index is 14.7. The molecule has 2 aromatic heterocycles. The van der Waals surface area contributed by atoms with E-state index in [1.807, 2.05) is 0 Å². The summed E-state index contributed by atoms with van der Waals surface area (Å²) < 4.78 is 181. The van der Waals surface area contributed by atoms with Crippen LogP contribution in [0.3, 0.4) is 0 Å². The van der Waals surface area contributed by atoms with E-state index in [9.17, 15) is 43.2 Å². The van der Waals surface area contributed by atoms with Crippen LogP contribution in [0.5, 0.6) is 34.5 Å². The second-order valence-corrected chi connectivity index (χ2v) is 26.0. The molecule has 0 N–H and O–H groups in total. The van der Waals surface area contributed by atoms with E-state index in [-0.39, 0.29) is 71.0 Å². The highest BCUT2D eigenvalue weighted by molar-refractivity contribution is 9.11. The molecule has 0 spiro atoms. The lowest BCUT2D eigenvalue weighted by Gasteiger charge is -2.26. The second kappa shape index (κ2) is 30.0. The van der Waals surface area contributed by atoms with Gasteiger partial charge in [0.15, 0.2) is 5.82 Å². The van der Waals surface area contributed by atoms with Gasteiger partial charge in [0.1, 0.15) is 44.3 Å². The minimum absolute atomic E-state index is 0.0376. The summed E-state index contributed by atoms with van der Waals surface area (Å²) in [6.45, 7) is -0.845. The van der Waals surface area contributed by atoms with E-state index in [1.165, 1.54) is 52.1 Å². The summed E-state index contributed by atoms with van der Waals surface area (Å²) in [5.41, 5.74) is 0.148. The van der Waals surface area contributed by atoms with E-state index >= 15 is 0 Å². The number of methoxy groups -OCH3 is 6. The molecule has 0 atom stereocenters. The molecule has 0 unspecified atom stereocenters. The van der Waals surface area contributed by atoms with Gasteiger partial charge in [-0.05, 0) is 178 Å². The van der Waals surface area contributed by atoms with Gasteiger partial charge >= 0.3 is 12.4 Å². The average molecular weight is 1470 g/mol. The first-order valence-corrected chi connectivity index (χ1v) is 32.5. The molecule has 20 nitrogen and oxygen atoms in total. The third-order valence-electron chi connectivity index (χ3n) is 14.5. The summed E-state index contributed by atoms with van der Waals surface area (Å²) in [7, 11) is -0.816. The van der Waals surface area contributed by atoms with Crippen molar-refractivity contribution in [2.75, 3.05) is 42.7 Å². The molecule has 0 radical (unpaired) electrons. The van der Waals surface area contributed by atoms with Crippen molar-refractivity contribution in [1.82, 2.24) is 49.0 Å². The maximum absolute atomic E-state index is 14.7. The van der Waals surface area contributed by atoms with Crippen molar-refractivity contribution in [2.45, 2.75) is 61.4 Å². The number of rotatable bonds is 24. The minimum atomic E-state index is -5.04. The number of ether oxygens (including phenoxy) is 6. The second-order valence-electron chi connectivity index (χ2n) is 20.5. The highest BCUT2D eigenvalue weighted by Crippen LogP contribution is 2.46. The molecule has 94 heavy (non-hydrogen) atoms. The first-order valence-electron chi connectivity index (χ1n) is 28.0. The fourth-order valence-electron chi connectivity index (χ4n) is 9.66. The number of tetrazole rings is 2. The van der Waals surface area contributed by atoms with Crippen molar-refractivity contribution in [1.29, 1.82) is 0 Å². The van der Waals surface area contributed by atoms with Crippen LogP contribution in [0.15, 0.2) is 189 Å². The van der Waals surface area contributed by atoms with Crippen molar-refractivity contribution < 1.29 is 71.6 Å². The van der Waals surface area contributed by atoms with E-state index in [1.54, 1.807) is 146 Å². The molecular weight excluding hydrogens is 1410 g/mol. The van der Waals surface area contributed by atoms with Crippen molar-refractivity contribution in [2.24, 2.45) is 0 Å². The molecule has 0 saturated heterocycles. The molecule has 0 aliphatic rings. The number of hydrogen-bond donors (Lipinski definition) is 0. The zero-order valence-electron chi connectivity index (χ0n) is 50.8. The van der Waals surface area contributed by atoms with Gasteiger partial charge in [-0.3, -0.25) is 0 Å². The molecule has 0 fully saturated rings. The third kappa shape index (κ3) is 16.5. The Morgan fingerprint density at radius 1 is 0.404 bits per heavy atom. The number of aromatic nitrogens is 8. The Morgan fingerprint density at radius 3 is 1.04 bits per heavy atom. The van der Waals surface area contributed by atoms with Crippen LogP contribution in [0.25, 0.3) is 22.8 Å². The molecule has 0 aliphatic carbocycles. The van der Waals surface area contributed by atoms with E-state index in [0.717, 1.165) is 38.4 Å². The van der Waals surface area contributed by atoms with Crippen LogP contribution in [-0.2, 0) is 71.7 Å². The quantitative estimate of drug-likeness (QED) is 0.0514. The Labute approximate surface area is 553 Å². The molecule has 0 bridgehead atoms. The Hall–Kier alpha value is -8.94. The third-order valence-corrected chi connectivity index (χ3v) is 19.6. The van der Waals surface area contributed by atoms with Gasteiger partial charge in [0.2, 0.25) is 25.9 Å². The van der Waals surface area contributed by atoms with E-state index in [4.69, 9.17) is 28.4 Å². The molecule has 0 aliphatic heterocycles. The fraction of sp³-hybridized carbons (Fsp3) is 0.219. The van der Waals surface area contributed by atoms with Crippen LogP contribution in [0, 0.1) is 0 Å². The summed E-state index contributed by atoms with van der Waals surface area (Å²) in [6, 6.07) is 44.0. The van der Waals surface area contributed by atoms with Gasteiger partial charge < -0.3 is 28.4 Å². The van der Waals surface area contributed by atoms with Crippen LogP contribution in [0.4, 0.5) is 26.3 Å². The minimum Gasteiger partial charge on any atom is -0.497 e. The normalized spacial score (nSPS) is 11.9. The van der Waals surface area contributed by atoms with Crippen LogP contribution in [-0.4, -0.2) is 109 Å². The SMILES string of the molecule is COc1ccc(CN(Cc2ccc(OC)cc2)S(=O)(=O)c2c(C(F)(F)F)ccc(Br)c2-c2nnn(Cc3ccc(OC)cc3)n2)cc1.COc1ccc(CN(Cc2ccc(OC)cc2)S(=O)(=O)c2c(C(F)(F)F)ccc(Br)c2-c2nnnn2Cc2ccc(OC)cc2)cc1. The fourth-order valence-corrected chi connectivity index (χ4v) is 14.6. The van der Waals surface area contributed by atoms with Crippen molar-refractivity contribution in [3.05, 3.63) is 223 Å². The van der Waals surface area contributed by atoms with Crippen molar-refractivity contribution in [3.63, 3.8) is 0 Å². The number of hydrogen-bond acceptors (Lipinski definition) is 16. The molecule has 2 heterocycles. The van der Waals surface area contributed by atoms with E-state index in [2.05, 4.69) is 62.8 Å². The van der Waals surface area contributed by atoms with Crippen molar-refractivity contribution >= 4 is 51.9 Å². The standard InChI is InChI=1S/2C32H29BrF3N5O5S/c1-44-24-10-4-21(5-11-24)18-40(19-22-6-12-25(45-2)13-7-22)47(42,43)30-27(32(34,35)36)16-17-28(33)29(30)31-37-38-39-41(31)20-23-8-14-26(46-3)15-9-23;1-44-24-10-4-21(5-11-24)18-40(19-22-6-12-25(45-2)13-7-22)47(42,43)30-27(32(34,35)36)16-17-28(33)29(30)31-37-39-41(38-31)20-23-8-14-26(46-3)15-9-23/h2*4-17H,18-20H2,1-3H3. The van der Waals surface area contributed by atoms with Crippen LogP contribution in [0.1, 0.15) is 44.5 Å². The molecule has 0 amide bonds. The van der Waals surface area contributed by atoms with Crippen LogP contribution >= 0.6 is 31.9 Å². The number of sulfonamides is 2. The molecule has 10 rings (SSSR count). The van der Waals surface area contributed by atoms with Gasteiger partial charge in [-0.1, -0.05) is 72.8 Å². The van der Waals surface area contributed by atoms with E-state index in [0.29, 0.717) is 62.3 Å². The maximum Gasteiger partial charge on any atom is 0.417 e. The van der Waals surface area contributed by atoms with Crippen LogP contribution < -0.4 is 28.4 Å². The largest absolute Gasteiger partial charge is 0.497 e. The van der Waals surface area contributed by atoms with Gasteiger partial charge in [0, 0.05) is 35.1 Å². The van der Waals surface area contributed by atoms with Gasteiger partial charge in [0.25, 0.3) is 0 Å². The van der Waals surface area contributed by atoms with Gasteiger partial charge in [0.05, 0.1) is 78.0 Å². The molecule has 492 valence electrons. The Balaban J connectivity index is 0.000000221. The predicted molar refractivity (Wildman–Crippen MR) is 341 cm³/mol. The Kier molecular flexibility index (Phi) is 22.1. The summed E-state index contributed by atoms with van der Waals surface area (Å²) in [6.07, 6.45) is -10.1. The van der Waals surface area contributed by atoms with Crippen LogP contribution in [0.2, 0.25) is 0 Å². The monoisotopic (exact) mass is 1460 g/mol. The topological polar surface area (TPSA) is 217 Å². The summed E-state index contributed by atoms with van der Waals surface area (Å²) in [5.74, 6) is 2.92. The van der Waals surface area contributed by atoms with E-state index < -0.39 is 53.3 Å². The first kappa shape index (κ1) is 69.4. The molecule has 8 aromatic carbocycles. The number of nitrogens with zero attached hydrogens (tertiary/aromatic N) is 10. The Bertz CT molecular complexity index is 4340.